The molecule has 1 aromatic heterocycles. The van der Waals surface area contributed by atoms with Crippen molar-refractivity contribution in [3.8, 4) is 0 Å². The lowest BCUT2D eigenvalue weighted by Gasteiger charge is -1.99. The number of aryl methyl sites for hydroxylation is 1. The van der Waals surface area contributed by atoms with Crippen LogP contribution in [0.1, 0.15) is 27.7 Å². The molecule has 7 nitrogen and oxygen atoms in total. The van der Waals surface area contributed by atoms with Gasteiger partial charge in [-0.2, -0.15) is 0 Å². The molecular weight excluding hydrogens is 344 g/mol. The number of thiophene rings is 1. The maximum atomic E-state index is 12.0. The van der Waals surface area contributed by atoms with Gasteiger partial charge in [0.2, 0.25) is 5.91 Å². The van der Waals surface area contributed by atoms with Crippen molar-refractivity contribution in [2.75, 3.05) is 11.9 Å². The standard InChI is InChI=1S/C17H16N2O5S/c1-3-24-17(21)16-11(2)10-15(25-16)18-14(20)9-8-12-6-4-5-7-13(12)19(22)23/h4-10H,3H2,1-2H3,(H,18,20). The summed E-state index contributed by atoms with van der Waals surface area (Å²) in [5.41, 5.74) is 0.960. The van der Waals surface area contributed by atoms with Gasteiger partial charge in [-0.05, 0) is 37.6 Å². The van der Waals surface area contributed by atoms with E-state index in [1.807, 2.05) is 0 Å². The molecule has 0 spiro atoms. The van der Waals surface area contributed by atoms with Gasteiger partial charge in [0.1, 0.15) is 4.88 Å². The Labute approximate surface area is 148 Å². The summed E-state index contributed by atoms with van der Waals surface area (Å²) in [6.07, 6.45) is 2.58. The minimum absolute atomic E-state index is 0.0804. The molecule has 0 saturated carbocycles. The molecule has 0 aliphatic carbocycles. The fourth-order valence-corrected chi connectivity index (χ4v) is 3.04. The highest BCUT2D eigenvalue weighted by molar-refractivity contribution is 7.18. The van der Waals surface area contributed by atoms with Crippen molar-refractivity contribution in [3.05, 3.63) is 62.5 Å². The summed E-state index contributed by atoms with van der Waals surface area (Å²) < 4.78 is 4.95. The topological polar surface area (TPSA) is 98.5 Å². The van der Waals surface area contributed by atoms with E-state index >= 15 is 0 Å². The van der Waals surface area contributed by atoms with Crippen LogP contribution in [0, 0.1) is 17.0 Å². The van der Waals surface area contributed by atoms with Crippen molar-refractivity contribution in [1.29, 1.82) is 0 Å². The second-order valence-corrected chi connectivity index (χ2v) is 6.03. The average molecular weight is 360 g/mol. The molecule has 0 saturated heterocycles. The number of carbonyl (C=O) groups is 2. The fraction of sp³-hybridized carbons (Fsp3) is 0.176. The third-order valence-electron chi connectivity index (χ3n) is 3.17. The molecule has 0 aliphatic heterocycles. The number of para-hydroxylation sites is 1. The first-order chi connectivity index (χ1) is 11.9. The van der Waals surface area contributed by atoms with Gasteiger partial charge in [-0.1, -0.05) is 12.1 Å². The van der Waals surface area contributed by atoms with E-state index in [1.165, 1.54) is 18.2 Å². The molecule has 130 valence electrons. The van der Waals surface area contributed by atoms with Crippen LogP contribution in [0.4, 0.5) is 10.7 Å². The Kier molecular flexibility index (Phi) is 6.02. The molecule has 0 atom stereocenters. The summed E-state index contributed by atoms with van der Waals surface area (Å²) in [6.45, 7) is 3.75. The monoisotopic (exact) mass is 360 g/mol. The Morgan fingerprint density at radius 2 is 2.08 bits per heavy atom. The number of amides is 1. The third-order valence-corrected chi connectivity index (χ3v) is 4.31. The van der Waals surface area contributed by atoms with Crippen molar-refractivity contribution in [1.82, 2.24) is 0 Å². The number of hydrogen-bond acceptors (Lipinski definition) is 6. The van der Waals surface area contributed by atoms with Crippen LogP contribution in [0.3, 0.4) is 0 Å². The molecule has 0 bridgehead atoms. The highest BCUT2D eigenvalue weighted by Crippen LogP contribution is 2.27. The van der Waals surface area contributed by atoms with E-state index in [0.29, 0.717) is 21.0 Å². The van der Waals surface area contributed by atoms with Crippen LogP contribution in [0.2, 0.25) is 0 Å². The minimum atomic E-state index is -0.508. The van der Waals surface area contributed by atoms with Crippen LogP contribution in [-0.2, 0) is 9.53 Å². The highest BCUT2D eigenvalue weighted by atomic mass is 32.1. The van der Waals surface area contributed by atoms with Gasteiger partial charge in [-0.25, -0.2) is 4.79 Å². The minimum Gasteiger partial charge on any atom is -0.462 e. The smallest absolute Gasteiger partial charge is 0.348 e. The summed E-state index contributed by atoms with van der Waals surface area (Å²) in [4.78, 5) is 34.6. The number of anilines is 1. The normalized spacial score (nSPS) is 10.6. The van der Waals surface area contributed by atoms with E-state index in [2.05, 4.69) is 5.32 Å². The summed E-state index contributed by atoms with van der Waals surface area (Å²) in [6, 6.07) is 7.80. The molecule has 2 rings (SSSR count). The number of hydrogen-bond donors (Lipinski definition) is 1. The first-order valence-electron chi connectivity index (χ1n) is 7.42. The second kappa shape index (κ2) is 8.20. The van der Waals surface area contributed by atoms with Gasteiger partial charge in [-0.15, -0.1) is 11.3 Å². The van der Waals surface area contributed by atoms with Crippen molar-refractivity contribution >= 4 is 40.0 Å². The Balaban J connectivity index is 2.10. The summed E-state index contributed by atoms with van der Waals surface area (Å²) in [5.74, 6) is -0.879. The van der Waals surface area contributed by atoms with Crippen molar-refractivity contribution in [3.63, 3.8) is 0 Å². The quantitative estimate of drug-likeness (QED) is 0.366. The van der Waals surface area contributed by atoms with Crippen molar-refractivity contribution in [2.24, 2.45) is 0 Å². The maximum absolute atomic E-state index is 12.0. The van der Waals surface area contributed by atoms with Gasteiger partial charge in [0.15, 0.2) is 0 Å². The molecule has 1 heterocycles. The van der Waals surface area contributed by atoms with Crippen molar-refractivity contribution < 1.29 is 19.2 Å². The zero-order chi connectivity index (χ0) is 18.4. The molecule has 8 heteroatoms. The van der Waals surface area contributed by atoms with E-state index in [0.717, 1.165) is 11.3 Å². The zero-order valence-corrected chi connectivity index (χ0v) is 14.5. The van der Waals surface area contributed by atoms with Crippen LogP contribution in [0.5, 0.6) is 0 Å². The number of rotatable bonds is 6. The van der Waals surface area contributed by atoms with Crippen LogP contribution < -0.4 is 5.32 Å². The molecule has 0 unspecified atom stereocenters. The highest BCUT2D eigenvalue weighted by Gasteiger charge is 2.15. The fourth-order valence-electron chi connectivity index (χ4n) is 2.07. The van der Waals surface area contributed by atoms with Gasteiger partial charge < -0.3 is 10.1 Å². The summed E-state index contributed by atoms with van der Waals surface area (Å²) in [5, 5.41) is 14.1. The number of ether oxygens (including phenoxy) is 1. The van der Waals surface area contributed by atoms with Crippen LogP contribution >= 0.6 is 11.3 Å². The lowest BCUT2D eigenvalue weighted by atomic mass is 10.1. The van der Waals surface area contributed by atoms with E-state index < -0.39 is 16.8 Å². The van der Waals surface area contributed by atoms with E-state index in [9.17, 15) is 19.7 Å². The number of nitrogens with zero attached hydrogens (tertiary/aromatic N) is 1. The van der Waals surface area contributed by atoms with Crippen LogP contribution in [0.15, 0.2) is 36.4 Å². The lowest BCUT2D eigenvalue weighted by molar-refractivity contribution is -0.385. The Bertz CT molecular complexity index is 841. The van der Waals surface area contributed by atoms with Gasteiger partial charge in [0, 0.05) is 12.1 Å². The second-order valence-electron chi connectivity index (χ2n) is 4.98. The molecule has 0 fully saturated rings. The summed E-state index contributed by atoms with van der Waals surface area (Å²) >= 11 is 1.12. The largest absolute Gasteiger partial charge is 0.462 e. The molecule has 0 aliphatic rings. The first-order valence-corrected chi connectivity index (χ1v) is 8.24. The number of carbonyl (C=O) groups excluding carboxylic acids is 2. The molecule has 2 aromatic rings. The predicted octanol–water partition coefficient (Wildman–Crippen LogP) is 3.79. The SMILES string of the molecule is CCOC(=O)c1sc(NC(=O)C=Cc2ccccc2[N+](=O)[O-])cc1C. The number of benzene rings is 1. The number of nitro groups is 1. The van der Waals surface area contributed by atoms with Crippen LogP contribution in [-0.4, -0.2) is 23.4 Å². The lowest BCUT2D eigenvalue weighted by Crippen LogP contribution is -2.06. The number of nitrogens with one attached hydrogen (secondary N) is 1. The predicted molar refractivity (Wildman–Crippen MR) is 95.8 cm³/mol. The van der Waals surface area contributed by atoms with E-state index in [4.69, 9.17) is 4.74 Å². The third kappa shape index (κ3) is 4.74. The maximum Gasteiger partial charge on any atom is 0.348 e. The van der Waals surface area contributed by atoms with Crippen LogP contribution in [0.25, 0.3) is 6.08 Å². The average Bonchev–Trinajstić information content (AvgIpc) is 2.93. The molecule has 1 aromatic carbocycles. The number of nitro benzene ring substituents is 1. The first kappa shape index (κ1) is 18.3. The molecule has 1 N–H and O–H groups in total. The Hall–Kier alpha value is -3.00. The van der Waals surface area contributed by atoms with E-state index in [1.54, 1.807) is 38.1 Å². The Morgan fingerprint density at radius 3 is 2.76 bits per heavy atom. The number of esters is 1. The zero-order valence-electron chi connectivity index (χ0n) is 13.6. The summed E-state index contributed by atoms with van der Waals surface area (Å²) in [7, 11) is 0. The van der Waals surface area contributed by atoms with Gasteiger partial charge in [-0.3, -0.25) is 14.9 Å². The van der Waals surface area contributed by atoms with Gasteiger partial charge in [0.05, 0.1) is 22.1 Å². The van der Waals surface area contributed by atoms with Gasteiger partial charge >= 0.3 is 5.97 Å². The molecule has 0 radical (unpaired) electrons. The molecule has 1 amide bonds. The Morgan fingerprint density at radius 1 is 1.36 bits per heavy atom. The molecule has 25 heavy (non-hydrogen) atoms. The van der Waals surface area contributed by atoms with Crippen molar-refractivity contribution in [2.45, 2.75) is 13.8 Å². The van der Waals surface area contributed by atoms with Gasteiger partial charge in [0.25, 0.3) is 5.69 Å². The van der Waals surface area contributed by atoms with E-state index in [-0.39, 0.29) is 12.3 Å². The molecular formula is C17H16N2O5S.